The highest BCUT2D eigenvalue weighted by atomic mass is 16.5. The number of esters is 1. The number of fused-ring (bicyclic) bond motifs is 6. The Hall–Kier alpha value is -1.58. The highest BCUT2D eigenvalue weighted by Gasteiger charge is 2.61. The average Bonchev–Trinajstić information content (AvgIpc) is 3.26. The van der Waals surface area contributed by atoms with Crippen LogP contribution in [-0.4, -0.2) is 17.9 Å². The van der Waals surface area contributed by atoms with Gasteiger partial charge in [0, 0.05) is 25.2 Å². The number of hydrogen-bond donors (Lipinski definition) is 0. The molecule has 0 radical (unpaired) electrons. The molecule has 0 unspecified atom stereocenters. The minimum absolute atomic E-state index is 0.0976. The number of carbonyl (C=O) groups excluding carboxylic acids is 2. The van der Waals surface area contributed by atoms with Crippen LogP contribution in [-0.2, 0) is 22.4 Å². The number of hydrogen-bond acceptors (Lipinski definition) is 4. The molecule has 31 heavy (non-hydrogen) atoms. The Morgan fingerprint density at radius 3 is 2.61 bits per heavy atom. The first kappa shape index (κ1) is 21.3. The number of Topliss-reactive ketones (excluding diaryl/α,β-unsaturated/α-hetero) is 1. The molecule has 0 aliphatic heterocycles. The second kappa shape index (κ2) is 7.49. The van der Waals surface area contributed by atoms with Gasteiger partial charge in [-0.2, -0.15) is 0 Å². The van der Waals surface area contributed by atoms with Gasteiger partial charge in [0.25, 0.3) is 0 Å². The quantitative estimate of drug-likeness (QED) is 0.428. The topological polar surface area (TPSA) is 56.5 Å². The largest absolute Gasteiger partial charge is 0.462 e. The first-order valence-corrected chi connectivity index (χ1v) is 12.6. The van der Waals surface area contributed by atoms with E-state index in [0.29, 0.717) is 24.0 Å². The maximum absolute atomic E-state index is 12.4. The molecule has 0 spiro atoms. The summed E-state index contributed by atoms with van der Waals surface area (Å²) >= 11 is 0. The van der Waals surface area contributed by atoms with Gasteiger partial charge in [0.05, 0.1) is 0 Å². The van der Waals surface area contributed by atoms with Crippen LogP contribution in [0.4, 0.5) is 0 Å². The fourth-order valence-electron chi connectivity index (χ4n) is 8.40. The molecule has 4 nitrogen and oxygen atoms in total. The van der Waals surface area contributed by atoms with Crippen molar-refractivity contribution >= 4 is 11.8 Å². The standard InChI is InChI=1S/C27H38O4/c1-5-6-22(29)24-13-17-15-27(4)18(14-23(17)31-24)7-8-19-20-9-10-25(30-16(2)28)26(20,3)12-11-21(19)27/h13,18-21,25H,5-12,14-15H2,1-4H3/t18-,19-,20-,21-,25-,26-,27-/m0/s1. The summed E-state index contributed by atoms with van der Waals surface area (Å²) in [7, 11) is 0. The molecule has 1 aromatic rings. The average molecular weight is 427 g/mol. The fourth-order valence-corrected chi connectivity index (χ4v) is 8.40. The van der Waals surface area contributed by atoms with Gasteiger partial charge in [0.15, 0.2) is 11.5 Å². The van der Waals surface area contributed by atoms with Gasteiger partial charge in [0.2, 0.25) is 0 Å². The Morgan fingerprint density at radius 1 is 1.10 bits per heavy atom. The highest BCUT2D eigenvalue weighted by molar-refractivity contribution is 5.93. The zero-order valence-electron chi connectivity index (χ0n) is 19.7. The Labute approximate surface area is 186 Å². The maximum Gasteiger partial charge on any atom is 0.302 e. The van der Waals surface area contributed by atoms with Gasteiger partial charge in [0.1, 0.15) is 11.9 Å². The van der Waals surface area contributed by atoms with E-state index < -0.39 is 0 Å². The molecular weight excluding hydrogens is 388 g/mol. The van der Waals surface area contributed by atoms with Gasteiger partial charge in [-0.15, -0.1) is 0 Å². The van der Waals surface area contributed by atoms with Crippen LogP contribution >= 0.6 is 0 Å². The maximum atomic E-state index is 12.4. The number of ketones is 1. The molecule has 4 heteroatoms. The lowest BCUT2D eigenvalue weighted by Gasteiger charge is -2.59. The van der Waals surface area contributed by atoms with Gasteiger partial charge in [-0.1, -0.05) is 20.8 Å². The van der Waals surface area contributed by atoms with Crippen molar-refractivity contribution in [1.29, 1.82) is 0 Å². The van der Waals surface area contributed by atoms with Crippen LogP contribution in [0, 0.1) is 34.5 Å². The summed E-state index contributed by atoms with van der Waals surface area (Å²) < 4.78 is 11.9. The zero-order valence-corrected chi connectivity index (χ0v) is 19.7. The predicted octanol–water partition coefficient (Wildman–Crippen LogP) is 6.15. The highest BCUT2D eigenvalue weighted by Crippen LogP contribution is 2.66. The first-order valence-electron chi connectivity index (χ1n) is 12.6. The summed E-state index contributed by atoms with van der Waals surface area (Å²) in [6, 6.07) is 2.07. The molecule has 3 saturated carbocycles. The third-order valence-corrected chi connectivity index (χ3v) is 9.94. The Balaban J connectivity index is 1.40. The van der Waals surface area contributed by atoms with Crippen molar-refractivity contribution in [2.45, 2.75) is 98.0 Å². The smallest absolute Gasteiger partial charge is 0.302 e. The van der Waals surface area contributed by atoms with E-state index in [1.54, 1.807) is 6.92 Å². The summed E-state index contributed by atoms with van der Waals surface area (Å²) in [6.07, 6.45) is 10.7. The van der Waals surface area contributed by atoms with Crippen molar-refractivity contribution in [1.82, 2.24) is 0 Å². The van der Waals surface area contributed by atoms with Gasteiger partial charge >= 0.3 is 5.97 Å². The van der Waals surface area contributed by atoms with E-state index in [-0.39, 0.29) is 28.7 Å². The first-order chi connectivity index (χ1) is 14.8. The summed E-state index contributed by atoms with van der Waals surface area (Å²) in [6.45, 7) is 8.52. The zero-order chi connectivity index (χ0) is 22.0. The second-order valence-corrected chi connectivity index (χ2v) is 11.5. The number of rotatable bonds is 4. The van der Waals surface area contributed by atoms with E-state index in [1.807, 2.05) is 6.92 Å². The van der Waals surface area contributed by atoms with Crippen molar-refractivity contribution in [2.24, 2.45) is 34.5 Å². The van der Waals surface area contributed by atoms with Crippen LogP contribution in [0.15, 0.2) is 10.5 Å². The number of ether oxygens (including phenoxy) is 1. The number of carbonyl (C=O) groups is 2. The van der Waals surface area contributed by atoms with Gasteiger partial charge in [-0.3, -0.25) is 9.59 Å². The van der Waals surface area contributed by atoms with Crippen molar-refractivity contribution < 1.29 is 18.7 Å². The van der Waals surface area contributed by atoms with E-state index in [4.69, 9.17) is 9.15 Å². The Bertz CT molecular complexity index is 884. The third-order valence-electron chi connectivity index (χ3n) is 9.94. The van der Waals surface area contributed by atoms with E-state index in [2.05, 4.69) is 19.9 Å². The van der Waals surface area contributed by atoms with Crippen LogP contribution in [0.5, 0.6) is 0 Å². The minimum atomic E-state index is -0.127. The lowest BCUT2D eigenvalue weighted by Crippen LogP contribution is -2.54. The molecule has 4 aliphatic rings. The SMILES string of the molecule is CCCC(=O)c1cc2c(o1)C[C@@H]1CC[C@@H]3[C@H](CC[C@]4(C)[C@@H](OC(C)=O)CC[C@@H]34)[C@@]1(C)C2. The summed E-state index contributed by atoms with van der Waals surface area (Å²) in [4.78, 5) is 24.1. The van der Waals surface area contributed by atoms with Crippen LogP contribution in [0.1, 0.15) is 101 Å². The molecule has 0 saturated heterocycles. The molecule has 0 aromatic carbocycles. The molecule has 7 atom stereocenters. The van der Waals surface area contributed by atoms with Crippen molar-refractivity contribution in [3.63, 3.8) is 0 Å². The molecular formula is C27H38O4. The summed E-state index contributed by atoms with van der Waals surface area (Å²) in [5, 5.41) is 0. The Kier molecular flexibility index (Phi) is 5.14. The minimum Gasteiger partial charge on any atom is -0.462 e. The van der Waals surface area contributed by atoms with E-state index >= 15 is 0 Å². The van der Waals surface area contributed by atoms with E-state index in [1.165, 1.54) is 31.2 Å². The molecule has 3 fully saturated rings. The third kappa shape index (κ3) is 3.23. The van der Waals surface area contributed by atoms with Gasteiger partial charge in [-0.25, -0.2) is 0 Å². The molecule has 1 aromatic heterocycles. The van der Waals surface area contributed by atoms with Gasteiger partial charge < -0.3 is 9.15 Å². The molecule has 0 amide bonds. The normalized spacial score (nSPS) is 41.0. The van der Waals surface area contributed by atoms with Crippen molar-refractivity contribution in [3.8, 4) is 0 Å². The molecule has 5 rings (SSSR count). The molecule has 4 aliphatic carbocycles. The lowest BCUT2D eigenvalue weighted by molar-refractivity contribution is -0.160. The molecule has 170 valence electrons. The summed E-state index contributed by atoms with van der Waals surface area (Å²) in [5.74, 6) is 4.46. The monoisotopic (exact) mass is 426 g/mol. The molecule has 0 bridgehead atoms. The second-order valence-electron chi connectivity index (χ2n) is 11.5. The fraction of sp³-hybridized carbons (Fsp3) is 0.778. The summed E-state index contributed by atoms with van der Waals surface area (Å²) in [5.41, 5.74) is 1.72. The molecule has 0 N–H and O–H groups in total. The van der Waals surface area contributed by atoms with E-state index in [9.17, 15) is 9.59 Å². The van der Waals surface area contributed by atoms with Crippen LogP contribution in [0.25, 0.3) is 0 Å². The predicted molar refractivity (Wildman–Crippen MR) is 119 cm³/mol. The van der Waals surface area contributed by atoms with Gasteiger partial charge in [-0.05, 0) is 92.1 Å². The van der Waals surface area contributed by atoms with E-state index in [0.717, 1.165) is 49.7 Å². The lowest BCUT2D eigenvalue weighted by atomic mass is 9.45. The Morgan fingerprint density at radius 2 is 1.87 bits per heavy atom. The van der Waals surface area contributed by atoms with Crippen molar-refractivity contribution in [2.75, 3.05) is 0 Å². The van der Waals surface area contributed by atoms with Crippen LogP contribution < -0.4 is 0 Å². The van der Waals surface area contributed by atoms with Crippen molar-refractivity contribution in [3.05, 3.63) is 23.2 Å². The molecule has 1 heterocycles. The number of furan rings is 1. The van der Waals surface area contributed by atoms with Crippen LogP contribution in [0.3, 0.4) is 0 Å². The van der Waals surface area contributed by atoms with Crippen LogP contribution in [0.2, 0.25) is 0 Å².